The first kappa shape index (κ1) is 12.2. The third kappa shape index (κ3) is 2.21. The zero-order valence-electron chi connectivity index (χ0n) is 10.5. The van der Waals surface area contributed by atoms with Crippen LogP contribution in [0, 0.1) is 11.3 Å². The van der Waals surface area contributed by atoms with Crippen LogP contribution in [0.1, 0.15) is 30.5 Å². The van der Waals surface area contributed by atoms with Gasteiger partial charge in [0.05, 0.1) is 11.6 Å². The molecule has 0 spiro atoms. The Kier molecular flexibility index (Phi) is 3.08. The van der Waals surface area contributed by atoms with Gasteiger partial charge in [-0.25, -0.2) is 0 Å². The summed E-state index contributed by atoms with van der Waals surface area (Å²) in [5.74, 6) is 0.264. The Bertz CT molecular complexity index is 591. The summed E-state index contributed by atoms with van der Waals surface area (Å²) in [5, 5.41) is 18.3. The molecule has 0 aliphatic carbocycles. The Hall–Kier alpha value is -2.27. The molecule has 0 bridgehead atoms. The van der Waals surface area contributed by atoms with Gasteiger partial charge in [-0.2, -0.15) is 5.26 Å². The summed E-state index contributed by atoms with van der Waals surface area (Å²) in [4.78, 5) is 0. The maximum atomic E-state index is 9.33. The molecule has 90 valence electrons. The lowest BCUT2D eigenvalue weighted by atomic mass is 9.78. The van der Waals surface area contributed by atoms with Gasteiger partial charge in [-0.05, 0) is 35.4 Å². The highest BCUT2D eigenvalue weighted by Crippen LogP contribution is 2.32. The van der Waals surface area contributed by atoms with E-state index in [1.54, 1.807) is 18.2 Å². The van der Waals surface area contributed by atoms with Gasteiger partial charge in [0, 0.05) is 5.41 Å². The van der Waals surface area contributed by atoms with E-state index in [1.807, 2.05) is 30.3 Å². The van der Waals surface area contributed by atoms with Gasteiger partial charge in [0.25, 0.3) is 0 Å². The van der Waals surface area contributed by atoms with Crippen molar-refractivity contribution < 1.29 is 5.11 Å². The Balaban J connectivity index is 2.47. The van der Waals surface area contributed by atoms with Crippen LogP contribution >= 0.6 is 0 Å². The smallest absolute Gasteiger partial charge is 0.115 e. The van der Waals surface area contributed by atoms with Crippen molar-refractivity contribution in [1.29, 1.82) is 5.26 Å². The highest BCUT2D eigenvalue weighted by molar-refractivity contribution is 5.43. The van der Waals surface area contributed by atoms with E-state index in [4.69, 9.17) is 5.26 Å². The minimum absolute atomic E-state index is 0.194. The zero-order chi connectivity index (χ0) is 13.2. The molecule has 2 heteroatoms. The van der Waals surface area contributed by atoms with Gasteiger partial charge in [-0.3, -0.25) is 0 Å². The Labute approximate surface area is 107 Å². The van der Waals surface area contributed by atoms with Gasteiger partial charge < -0.3 is 5.11 Å². The predicted octanol–water partition coefficient (Wildman–Crippen LogP) is 3.59. The lowest BCUT2D eigenvalue weighted by molar-refractivity contribution is 0.474. The van der Waals surface area contributed by atoms with Crippen LogP contribution in [0.3, 0.4) is 0 Å². The maximum Gasteiger partial charge on any atom is 0.115 e. The van der Waals surface area contributed by atoms with E-state index < -0.39 is 0 Å². The quantitative estimate of drug-likeness (QED) is 0.867. The molecule has 0 atom stereocenters. The minimum atomic E-state index is -0.194. The Morgan fingerprint density at radius 1 is 1.00 bits per heavy atom. The molecule has 2 nitrogen and oxygen atoms in total. The summed E-state index contributed by atoms with van der Waals surface area (Å²) in [7, 11) is 0. The minimum Gasteiger partial charge on any atom is -0.508 e. The molecule has 0 aliphatic heterocycles. The SMILES string of the molecule is CC(C)(c1ccc(O)cc1)c1cccc(C#N)c1. The second-order valence-electron chi connectivity index (χ2n) is 4.86. The summed E-state index contributed by atoms with van der Waals surface area (Å²) in [6.45, 7) is 4.21. The van der Waals surface area contributed by atoms with Crippen LogP contribution in [0.15, 0.2) is 48.5 Å². The maximum absolute atomic E-state index is 9.33. The zero-order valence-corrected chi connectivity index (χ0v) is 10.5. The monoisotopic (exact) mass is 237 g/mol. The van der Waals surface area contributed by atoms with Gasteiger partial charge in [-0.1, -0.05) is 38.1 Å². The first-order valence-corrected chi connectivity index (χ1v) is 5.84. The second-order valence-corrected chi connectivity index (χ2v) is 4.86. The molecule has 0 amide bonds. The number of nitriles is 1. The molecular formula is C16H15NO. The molecule has 18 heavy (non-hydrogen) atoms. The van der Waals surface area contributed by atoms with E-state index in [0.717, 1.165) is 11.1 Å². The average molecular weight is 237 g/mol. The molecule has 2 aromatic rings. The van der Waals surface area contributed by atoms with Crippen LogP contribution < -0.4 is 0 Å². The molecule has 0 radical (unpaired) electrons. The van der Waals surface area contributed by atoms with E-state index in [0.29, 0.717) is 5.56 Å². The number of phenolic OH excluding ortho intramolecular Hbond substituents is 1. The van der Waals surface area contributed by atoms with E-state index in [9.17, 15) is 5.11 Å². The standard InChI is InChI=1S/C16H15NO/c1-16(2,13-6-8-15(18)9-7-13)14-5-3-4-12(10-14)11-17/h3-10,18H,1-2H3. The van der Waals surface area contributed by atoms with Gasteiger partial charge in [0.15, 0.2) is 0 Å². The van der Waals surface area contributed by atoms with Crippen LogP contribution in [0.2, 0.25) is 0 Å². The van der Waals surface area contributed by atoms with Crippen molar-refractivity contribution >= 4 is 0 Å². The number of rotatable bonds is 2. The molecule has 0 aliphatic rings. The molecule has 0 saturated heterocycles. The second kappa shape index (κ2) is 4.54. The van der Waals surface area contributed by atoms with Crippen molar-refractivity contribution in [2.45, 2.75) is 19.3 Å². The van der Waals surface area contributed by atoms with Crippen molar-refractivity contribution in [2.24, 2.45) is 0 Å². The molecule has 0 heterocycles. The van der Waals surface area contributed by atoms with E-state index >= 15 is 0 Å². The number of aromatic hydroxyl groups is 1. The molecule has 0 saturated carbocycles. The van der Waals surface area contributed by atoms with E-state index in [2.05, 4.69) is 19.9 Å². The Morgan fingerprint density at radius 3 is 2.28 bits per heavy atom. The highest BCUT2D eigenvalue weighted by atomic mass is 16.3. The lowest BCUT2D eigenvalue weighted by Crippen LogP contribution is -2.18. The van der Waals surface area contributed by atoms with Crippen molar-refractivity contribution in [3.05, 3.63) is 65.2 Å². The molecule has 2 aromatic carbocycles. The summed E-state index contributed by atoms with van der Waals surface area (Å²) in [5.41, 5.74) is 2.67. The average Bonchev–Trinajstić information content (AvgIpc) is 2.39. The number of nitrogens with zero attached hydrogens (tertiary/aromatic N) is 1. The van der Waals surface area contributed by atoms with Crippen LogP contribution in [0.25, 0.3) is 0 Å². The first-order chi connectivity index (χ1) is 8.54. The van der Waals surface area contributed by atoms with Gasteiger partial charge in [0.1, 0.15) is 5.75 Å². The molecule has 0 fully saturated rings. The fourth-order valence-corrected chi connectivity index (χ4v) is 2.02. The number of hydrogen-bond donors (Lipinski definition) is 1. The molecule has 1 N–H and O–H groups in total. The van der Waals surface area contributed by atoms with Gasteiger partial charge in [0.2, 0.25) is 0 Å². The summed E-state index contributed by atoms with van der Waals surface area (Å²) in [6, 6.07) is 17.0. The van der Waals surface area contributed by atoms with E-state index in [1.165, 1.54) is 0 Å². The number of benzene rings is 2. The Morgan fingerprint density at radius 2 is 1.67 bits per heavy atom. The van der Waals surface area contributed by atoms with Gasteiger partial charge in [-0.15, -0.1) is 0 Å². The van der Waals surface area contributed by atoms with Gasteiger partial charge >= 0.3 is 0 Å². The largest absolute Gasteiger partial charge is 0.508 e. The van der Waals surface area contributed by atoms with Crippen molar-refractivity contribution in [3.8, 4) is 11.8 Å². The topological polar surface area (TPSA) is 44.0 Å². The molecule has 2 rings (SSSR count). The van der Waals surface area contributed by atoms with Crippen LogP contribution in [0.5, 0.6) is 5.75 Å². The summed E-state index contributed by atoms with van der Waals surface area (Å²) < 4.78 is 0. The first-order valence-electron chi connectivity index (χ1n) is 5.84. The number of phenols is 1. The molecule has 0 aromatic heterocycles. The highest BCUT2D eigenvalue weighted by Gasteiger charge is 2.23. The van der Waals surface area contributed by atoms with Crippen LogP contribution in [0.4, 0.5) is 0 Å². The fraction of sp³-hybridized carbons (Fsp3) is 0.188. The van der Waals surface area contributed by atoms with E-state index in [-0.39, 0.29) is 11.2 Å². The predicted molar refractivity (Wildman–Crippen MR) is 71.4 cm³/mol. The third-order valence-electron chi connectivity index (χ3n) is 3.30. The fourth-order valence-electron chi connectivity index (χ4n) is 2.02. The summed E-state index contributed by atoms with van der Waals surface area (Å²) >= 11 is 0. The van der Waals surface area contributed by atoms with Crippen molar-refractivity contribution in [3.63, 3.8) is 0 Å². The van der Waals surface area contributed by atoms with Crippen molar-refractivity contribution in [2.75, 3.05) is 0 Å². The molecule has 0 unspecified atom stereocenters. The molecular weight excluding hydrogens is 222 g/mol. The third-order valence-corrected chi connectivity index (χ3v) is 3.30. The summed E-state index contributed by atoms with van der Waals surface area (Å²) in [6.07, 6.45) is 0. The lowest BCUT2D eigenvalue weighted by Gasteiger charge is -2.26. The van der Waals surface area contributed by atoms with Crippen LogP contribution in [-0.4, -0.2) is 5.11 Å². The normalized spacial score (nSPS) is 10.9. The number of hydrogen-bond acceptors (Lipinski definition) is 2. The van der Waals surface area contributed by atoms with Crippen molar-refractivity contribution in [1.82, 2.24) is 0 Å². The van der Waals surface area contributed by atoms with Crippen LogP contribution in [-0.2, 0) is 5.41 Å².